The molecule has 54 heavy (non-hydrogen) atoms. The molecule has 0 saturated heterocycles. The van der Waals surface area contributed by atoms with E-state index in [4.69, 9.17) is 0 Å². The minimum atomic E-state index is -1.23. The largest absolute Gasteiger partial charge is 0.480 e. The van der Waals surface area contributed by atoms with E-state index in [0.717, 1.165) is 41.3 Å². The zero-order valence-electron chi connectivity index (χ0n) is 31.4. The minimum Gasteiger partial charge on any atom is -0.480 e. The molecule has 0 aliphatic carbocycles. The van der Waals surface area contributed by atoms with Crippen molar-refractivity contribution in [2.45, 2.75) is 89.4 Å². The molecule has 0 radical (unpaired) electrons. The van der Waals surface area contributed by atoms with E-state index in [-0.39, 0.29) is 24.7 Å². The third kappa shape index (κ3) is 15.2. The molecular weight excluding hydrogens is 711 g/mol. The number of nitrogens with one attached hydrogen (secondary N) is 7. The van der Waals surface area contributed by atoms with Crippen LogP contribution in [0, 0.1) is 0 Å². The van der Waals surface area contributed by atoms with Crippen molar-refractivity contribution in [3.8, 4) is 0 Å². The number of thioether (sulfide) groups is 1. The molecule has 0 fully saturated rings. The molecule has 0 spiro atoms. The third-order valence-electron chi connectivity index (χ3n) is 8.87. The van der Waals surface area contributed by atoms with Gasteiger partial charge in [0.2, 0.25) is 11.8 Å². The number of rotatable bonds is 25. The van der Waals surface area contributed by atoms with E-state index in [9.17, 15) is 33.9 Å². The van der Waals surface area contributed by atoms with Gasteiger partial charge in [-0.2, -0.15) is 11.8 Å². The molecule has 0 unspecified atom stereocenters. The van der Waals surface area contributed by atoms with Crippen LogP contribution in [-0.2, 0) is 32.1 Å². The normalized spacial score (nSPS) is 12.6. The highest BCUT2D eigenvalue weighted by Crippen LogP contribution is 2.20. The zero-order valence-corrected chi connectivity index (χ0v) is 32.2. The number of carbonyl (C=O) groups is 6. The Kier molecular flexibility index (Phi) is 19.1. The van der Waals surface area contributed by atoms with E-state index in [0.29, 0.717) is 56.6 Å². The Balaban J connectivity index is 1.64. The number of benzene rings is 2. The molecule has 8 N–H and O–H groups in total. The molecule has 1 aromatic heterocycles. The number of aliphatic carboxylic acids is 1. The van der Waals surface area contributed by atoms with Gasteiger partial charge in [-0.25, -0.2) is 9.59 Å². The molecule has 294 valence electrons. The molecule has 15 heteroatoms. The number of carboxylic acids is 1. The number of carbonyl (C=O) groups excluding carboxylic acids is 5. The molecule has 0 aliphatic heterocycles. The first-order valence-electron chi connectivity index (χ1n) is 18.4. The first kappa shape index (κ1) is 43.5. The van der Waals surface area contributed by atoms with Crippen molar-refractivity contribution < 1.29 is 33.9 Å². The molecule has 3 rings (SSSR count). The number of para-hydroxylation sites is 1. The standard InChI is InChI=1S/C39H55N7O7S/c1-26(47)11-5-4-9-20-41-39(53)42-21-10-8-14-33(38(51)52)45-37(50)34(23-29-25-43-31-13-7-6-12-30(29)31)46-36(49)32(19-22-54-3)44-35(48)28-17-15-27(16-18-28)24-40-2/h6-7,12-13,15-18,25,32-34,40,43H,4-5,8-11,14,19-24H2,1-3H3,(H,44,48)(H,45,50)(H,46,49)(H,51,52)(H2,41,42,53)/t32-,33-,34-/m0/s1. The predicted octanol–water partition coefficient (Wildman–Crippen LogP) is 3.65. The fourth-order valence-electron chi connectivity index (χ4n) is 5.87. The van der Waals surface area contributed by atoms with Gasteiger partial charge in [0, 0.05) is 55.1 Å². The van der Waals surface area contributed by atoms with E-state index in [1.54, 1.807) is 25.3 Å². The molecule has 0 aliphatic rings. The molecule has 3 aromatic rings. The summed E-state index contributed by atoms with van der Waals surface area (Å²) in [5.41, 5.74) is 2.99. The lowest BCUT2D eigenvalue weighted by atomic mass is 10.0. The van der Waals surface area contributed by atoms with Crippen molar-refractivity contribution in [3.63, 3.8) is 0 Å². The molecule has 0 bridgehead atoms. The molecule has 0 saturated carbocycles. The molecule has 5 amide bonds. The lowest BCUT2D eigenvalue weighted by molar-refractivity contribution is -0.142. The van der Waals surface area contributed by atoms with Crippen LogP contribution < -0.4 is 31.9 Å². The quantitative estimate of drug-likeness (QED) is 0.0591. The van der Waals surface area contributed by atoms with Gasteiger partial charge < -0.3 is 46.8 Å². The Hall–Kier alpha value is -4.89. The van der Waals surface area contributed by atoms with Gasteiger partial charge in [0.25, 0.3) is 5.91 Å². The van der Waals surface area contributed by atoms with Crippen LogP contribution in [0.5, 0.6) is 0 Å². The van der Waals surface area contributed by atoms with E-state index >= 15 is 0 Å². The number of hydrogen-bond acceptors (Lipinski definition) is 8. The van der Waals surface area contributed by atoms with Gasteiger partial charge in [-0.3, -0.25) is 14.4 Å². The summed E-state index contributed by atoms with van der Waals surface area (Å²) in [4.78, 5) is 79.4. The average Bonchev–Trinajstić information content (AvgIpc) is 3.56. The highest BCUT2D eigenvalue weighted by molar-refractivity contribution is 7.98. The Morgan fingerprint density at radius 1 is 0.778 bits per heavy atom. The van der Waals surface area contributed by atoms with Gasteiger partial charge in [0.05, 0.1) is 0 Å². The summed E-state index contributed by atoms with van der Waals surface area (Å²) in [6.07, 6.45) is 7.96. The monoisotopic (exact) mass is 765 g/mol. The lowest BCUT2D eigenvalue weighted by Gasteiger charge is -2.24. The maximum Gasteiger partial charge on any atom is 0.326 e. The van der Waals surface area contributed by atoms with Crippen molar-refractivity contribution in [1.29, 1.82) is 0 Å². The number of urea groups is 1. The molecule has 2 aromatic carbocycles. The first-order valence-corrected chi connectivity index (χ1v) is 19.8. The fourth-order valence-corrected chi connectivity index (χ4v) is 6.34. The van der Waals surface area contributed by atoms with E-state index in [1.807, 2.05) is 49.7 Å². The van der Waals surface area contributed by atoms with Crippen LogP contribution in [0.1, 0.15) is 79.8 Å². The van der Waals surface area contributed by atoms with Crippen molar-refractivity contribution in [2.75, 3.05) is 32.1 Å². The number of carboxylic acid groups (broad SMARTS) is 1. The minimum absolute atomic E-state index is 0.0693. The average molecular weight is 766 g/mol. The molecule has 3 atom stereocenters. The van der Waals surface area contributed by atoms with Gasteiger partial charge in [0.1, 0.15) is 23.9 Å². The van der Waals surface area contributed by atoms with E-state index < -0.39 is 41.8 Å². The van der Waals surface area contributed by atoms with Crippen LogP contribution in [-0.4, -0.2) is 95.9 Å². The number of fused-ring (bicyclic) bond motifs is 1. The van der Waals surface area contributed by atoms with Gasteiger partial charge >= 0.3 is 12.0 Å². The van der Waals surface area contributed by atoms with Crippen LogP contribution in [0.4, 0.5) is 4.79 Å². The van der Waals surface area contributed by atoms with Crippen LogP contribution >= 0.6 is 11.8 Å². The number of aromatic amines is 1. The van der Waals surface area contributed by atoms with Crippen molar-refractivity contribution in [2.24, 2.45) is 0 Å². The second-order valence-corrected chi connectivity index (χ2v) is 14.2. The topological polar surface area (TPSA) is 211 Å². The number of hydrogen-bond donors (Lipinski definition) is 8. The Morgan fingerprint density at radius 2 is 1.44 bits per heavy atom. The number of unbranched alkanes of at least 4 members (excludes halogenated alkanes) is 3. The third-order valence-corrected chi connectivity index (χ3v) is 9.52. The Bertz CT molecular complexity index is 1680. The summed E-state index contributed by atoms with van der Waals surface area (Å²) in [6, 6.07) is 10.9. The summed E-state index contributed by atoms with van der Waals surface area (Å²) in [7, 11) is 1.83. The van der Waals surface area contributed by atoms with Crippen molar-refractivity contribution in [3.05, 3.63) is 71.4 Å². The van der Waals surface area contributed by atoms with Crippen molar-refractivity contribution in [1.82, 2.24) is 36.9 Å². The fraction of sp³-hybridized carbons (Fsp3) is 0.487. The molecule has 1 heterocycles. The summed E-state index contributed by atoms with van der Waals surface area (Å²) in [5.74, 6) is -2.16. The van der Waals surface area contributed by atoms with Crippen molar-refractivity contribution >= 4 is 58.2 Å². The van der Waals surface area contributed by atoms with E-state index in [2.05, 4.69) is 36.9 Å². The second-order valence-electron chi connectivity index (χ2n) is 13.3. The Labute approximate surface area is 321 Å². The number of Topliss-reactive ketones (excluding diaryl/α,β-unsaturated/α-hetero) is 1. The first-order chi connectivity index (χ1) is 26.0. The van der Waals surface area contributed by atoms with Crippen LogP contribution in [0.3, 0.4) is 0 Å². The van der Waals surface area contributed by atoms with Crippen LogP contribution in [0.25, 0.3) is 10.9 Å². The van der Waals surface area contributed by atoms with Gasteiger partial charge in [-0.1, -0.05) is 36.8 Å². The summed E-state index contributed by atoms with van der Waals surface area (Å²) >= 11 is 1.52. The van der Waals surface area contributed by atoms with Crippen LogP contribution in [0.2, 0.25) is 0 Å². The van der Waals surface area contributed by atoms with E-state index in [1.165, 1.54) is 11.8 Å². The maximum absolute atomic E-state index is 13.8. The van der Waals surface area contributed by atoms with Gasteiger partial charge in [-0.15, -0.1) is 0 Å². The number of H-pyrrole nitrogens is 1. The SMILES string of the molecule is CNCc1ccc(C(=O)N[C@@H](CCSC)C(=O)N[C@@H](Cc2c[nH]c3ccccc23)C(=O)N[C@@H](CCCCNC(=O)NCCCCCC(C)=O)C(=O)O)cc1. The van der Waals surface area contributed by atoms with Gasteiger partial charge in [-0.05, 0) is 93.8 Å². The molecule has 14 nitrogen and oxygen atoms in total. The highest BCUT2D eigenvalue weighted by atomic mass is 32.2. The number of ketones is 1. The maximum atomic E-state index is 13.8. The Morgan fingerprint density at radius 3 is 2.11 bits per heavy atom. The number of aromatic nitrogens is 1. The smallest absolute Gasteiger partial charge is 0.326 e. The van der Waals surface area contributed by atoms with Gasteiger partial charge in [0.15, 0.2) is 0 Å². The second kappa shape index (κ2) is 23.7. The van der Waals surface area contributed by atoms with Crippen LogP contribution in [0.15, 0.2) is 54.7 Å². The highest BCUT2D eigenvalue weighted by Gasteiger charge is 2.30. The summed E-state index contributed by atoms with van der Waals surface area (Å²) in [5, 5.41) is 27.7. The summed E-state index contributed by atoms with van der Waals surface area (Å²) in [6.45, 7) is 3.01. The zero-order chi connectivity index (χ0) is 39.3. The summed E-state index contributed by atoms with van der Waals surface area (Å²) < 4.78 is 0. The number of amides is 5. The lowest BCUT2D eigenvalue weighted by Crippen LogP contribution is -2.56. The molecular formula is C39H55N7O7S. The predicted molar refractivity (Wildman–Crippen MR) is 211 cm³/mol.